The molecule has 1 atom stereocenters. The lowest BCUT2D eigenvalue weighted by atomic mass is 10.2. The highest BCUT2D eigenvalue weighted by Crippen LogP contribution is 2.19. The highest BCUT2D eigenvalue weighted by Gasteiger charge is 2.34. The second kappa shape index (κ2) is 8.27. The molecule has 1 aliphatic rings. The molecule has 1 aliphatic heterocycles. The van der Waals surface area contributed by atoms with Crippen molar-refractivity contribution in [3.8, 4) is 0 Å². The van der Waals surface area contributed by atoms with Crippen molar-refractivity contribution in [2.45, 2.75) is 38.8 Å². The molecule has 1 fully saturated rings. The van der Waals surface area contributed by atoms with Crippen molar-refractivity contribution in [1.82, 2.24) is 14.5 Å². The van der Waals surface area contributed by atoms with Gasteiger partial charge in [0.15, 0.2) is 9.84 Å². The first-order chi connectivity index (χ1) is 13.7. The topological polar surface area (TPSA) is 132 Å². The number of aromatic nitrogens is 2. The minimum absolute atomic E-state index is 0.0585. The first-order valence-corrected chi connectivity index (χ1v) is 11.2. The number of unbranched alkanes of at least 4 members (excludes halogenated alkanes) is 1. The Hall–Kier alpha value is -2.82. The molecule has 1 amide bonds. The molecule has 0 radical (unpaired) electrons. The number of hydrogen-bond acceptors (Lipinski definition) is 7. The van der Waals surface area contributed by atoms with E-state index in [9.17, 15) is 28.1 Å². The lowest BCUT2D eigenvalue weighted by molar-refractivity contribution is -0.384. The average molecular weight is 422 g/mol. The average Bonchev–Trinajstić information content (AvgIpc) is 3.03. The van der Waals surface area contributed by atoms with E-state index in [1.165, 1.54) is 24.5 Å². The molecule has 1 aromatic carbocycles. The first kappa shape index (κ1) is 20.9. The Balaban J connectivity index is 1.86. The summed E-state index contributed by atoms with van der Waals surface area (Å²) in [7, 11) is -3.15. The Kier molecular flexibility index (Phi) is 5.96. The zero-order valence-corrected chi connectivity index (χ0v) is 16.8. The van der Waals surface area contributed by atoms with Crippen molar-refractivity contribution in [1.29, 1.82) is 0 Å². The number of carbonyl (C=O) groups is 1. The molecule has 156 valence electrons. The lowest BCUT2D eigenvalue weighted by Gasteiger charge is -2.28. The molecule has 1 aromatic heterocycles. The summed E-state index contributed by atoms with van der Waals surface area (Å²) < 4.78 is 24.8. The predicted molar refractivity (Wildman–Crippen MR) is 106 cm³/mol. The number of carbonyl (C=O) groups excluding carboxylic acids is 1. The Morgan fingerprint density at radius 3 is 2.79 bits per heavy atom. The highest BCUT2D eigenvalue weighted by molar-refractivity contribution is 7.91. The van der Waals surface area contributed by atoms with Crippen LogP contribution in [0.15, 0.2) is 29.3 Å². The van der Waals surface area contributed by atoms with E-state index in [0.717, 1.165) is 17.4 Å². The zero-order chi connectivity index (χ0) is 21.2. The van der Waals surface area contributed by atoms with Crippen LogP contribution in [0.4, 0.5) is 5.69 Å². The minimum atomic E-state index is -3.15. The molecule has 29 heavy (non-hydrogen) atoms. The number of nitro groups is 1. The van der Waals surface area contributed by atoms with Gasteiger partial charge in [0.2, 0.25) is 5.91 Å². The summed E-state index contributed by atoms with van der Waals surface area (Å²) in [6, 6.07) is 3.36. The van der Waals surface area contributed by atoms with Gasteiger partial charge in [-0.3, -0.25) is 24.3 Å². The molecule has 0 bridgehead atoms. The van der Waals surface area contributed by atoms with Gasteiger partial charge in [-0.15, -0.1) is 0 Å². The Bertz CT molecular complexity index is 1110. The van der Waals surface area contributed by atoms with Crippen molar-refractivity contribution < 1.29 is 18.1 Å². The van der Waals surface area contributed by atoms with Gasteiger partial charge in [0.05, 0.1) is 33.7 Å². The molecule has 1 saturated heterocycles. The van der Waals surface area contributed by atoms with Crippen LogP contribution in [-0.2, 0) is 21.2 Å². The summed E-state index contributed by atoms with van der Waals surface area (Å²) in [6.45, 7) is 2.14. The fraction of sp³-hybridized carbons (Fsp3) is 0.500. The summed E-state index contributed by atoms with van der Waals surface area (Å²) in [5, 5.41) is 11.1. The lowest BCUT2D eigenvalue weighted by Crippen LogP contribution is -2.44. The summed E-state index contributed by atoms with van der Waals surface area (Å²) in [4.78, 5) is 41.5. The van der Waals surface area contributed by atoms with Gasteiger partial charge in [-0.2, -0.15) is 0 Å². The SMILES string of the molecule is CCCCN(C(=O)Cn1cnc2cc([N+](=O)[O-])ccc2c1=O)C1CCS(=O)(=O)C1. The van der Waals surface area contributed by atoms with Gasteiger partial charge in [0.25, 0.3) is 11.2 Å². The fourth-order valence-electron chi connectivity index (χ4n) is 3.47. The monoisotopic (exact) mass is 422 g/mol. The quantitative estimate of drug-likeness (QED) is 0.482. The van der Waals surface area contributed by atoms with Crippen LogP contribution in [0.3, 0.4) is 0 Å². The molecule has 0 aliphatic carbocycles. The standard InChI is InChI=1S/C18H22N4O6S/c1-2-3-7-21(14-6-8-29(27,28)11-14)17(23)10-20-12-19-16-9-13(22(25)26)4-5-15(16)18(20)24/h4-5,9,12,14H,2-3,6-8,10-11H2,1H3. The molecule has 3 rings (SSSR count). The molecular weight excluding hydrogens is 400 g/mol. The number of benzene rings is 1. The van der Waals surface area contributed by atoms with Crippen LogP contribution in [0.1, 0.15) is 26.2 Å². The van der Waals surface area contributed by atoms with Crippen molar-refractivity contribution >= 4 is 32.3 Å². The van der Waals surface area contributed by atoms with E-state index >= 15 is 0 Å². The second-order valence-electron chi connectivity index (χ2n) is 7.13. The number of nitro benzene ring substituents is 1. The summed E-state index contributed by atoms with van der Waals surface area (Å²) in [5.41, 5.74) is -0.475. The maximum Gasteiger partial charge on any atom is 0.271 e. The van der Waals surface area contributed by atoms with Crippen molar-refractivity contribution in [3.63, 3.8) is 0 Å². The molecular formula is C18H22N4O6S. The normalized spacial score (nSPS) is 18.0. The molecule has 0 spiro atoms. The molecule has 1 unspecified atom stereocenters. The minimum Gasteiger partial charge on any atom is -0.337 e. The van der Waals surface area contributed by atoms with Crippen molar-refractivity contribution in [3.05, 3.63) is 45.0 Å². The molecule has 0 saturated carbocycles. The molecule has 2 aromatic rings. The van der Waals surface area contributed by atoms with E-state index < -0.39 is 20.3 Å². The summed E-state index contributed by atoms with van der Waals surface area (Å²) in [5.74, 6) is -0.341. The van der Waals surface area contributed by atoms with Crippen LogP contribution < -0.4 is 5.56 Å². The van der Waals surface area contributed by atoms with E-state index in [0.29, 0.717) is 13.0 Å². The number of fused-ring (bicyclic) bond motifs is 1. The van der Waals surface area contributed by atoms with Crippen LogP contribution in [-0.4, -0.2) is 57.8 Å². The van der Waals surface area contributed by atoms with Gasteiger partial charge in [-0.1, -0.05) is 13.3 Å². The third-order valence-electron chi connectivity index (χ3n) is 5.05. The van der Waals surface area contributed by atoms with Gasteiger partial charge in [-0.25, -0.2) is 13.4 Å². The van der Waals surface area contributed by atoms with E-state index in [1.54, 1.807) is 4.90 Å². The van der Waals surface area contributed by atoms with Gasteiger partial charge < -0.3 is 4.90 Å². The van der Waals surface area contributed by atoms with E-state index in [4.69, 9.17) is 0 Å². The Labute approximate surface area is 167 Å². The van der Waals surface area contributed by atoms with Gasteiger partial charge in [0, 0.05) is 24.7 Å². The molecule has 0 N–H and O–H groups in total. The number of sulfone groups is 1. The smallest absolute Gasteiger partial charge is 0.271 e. The summed E-state index contributed by atoms with van der Waals surface area (Å²) in [6.07, 6.45) is 3.17. The zero-order valence-electron chi connectivity index (χ0n) is 16.0. The Morgan fingerprint density at radius 1 is 1.41 bits per heavy atom. The molecule has 10 nitrogen and oxygen atoms in total. The van der Waals surface area contributed by atoms with E-state index in [-0.39, 0.29) is 46.6 Å². The van der Waals surface area contributed by atoms with Crippen LogP contribution >= 0.6 is 0 Å². The molecule has 2 heterocycles. The van der Waals surface area contributed by atoms with E-state index in [2.05, 4.69) is 4.98 Å². The second-order valence-corrected chi connectivity index (χ2v) is 9.36. The van der Waals surface area contributed by atoms with Gasteiger partial charge in [0.1, 0.15) is 6.54 Å². The third-order valence-corrected chi connectivity index (χ3v) is 6.80. The third kappa shape index (κ3) is 4.61. The largest absolute Gasteiger partial charge is 0.337 e. The number of amides is 1. The maximum absolute atomic E-state index is 12.9. The summed E-state index contributed by atoms with van der Waals surface area (Å²) >= 11 is 0. The maximum atomic E-state index is 12.9. The van der Waals surface area contributed by atoms with Crippen LogP contribution in [0.5, 0.6) is 0 Å². The van der Waals surface area contributed by atoms with Crippen LogP contribution in [0, 0.1) is 10.1 Å². The predicted octanol–water partition coefficient (Wildman–Crippen LogP) is 1.12. The molecule has 11 heteroatoms. The number of hydrogen-bond donors (Lipinski definition) is 0. The van der Waals surface area contributed by atoms with Crippen LogP contribution in [0.2, 0.25) is 0 Å². The first-order valence-electron chi connectivity index (χ1n) is 9.35. The van der Waals surface area contributed by atoms with Crippen molar-refractivity contribution in [2.24, 2.45) is 0 Å². The fourth-order valence-corrected chi connectivity index (χ4v) is 5.20. The van der Waals surface area contributed by atoms with E-state index in [1.807, 2.05) is 6.92 Å². The van der Waals surface area contributed by atoms with Crippen molar-refractivity contribution in [2.75, 3.05) is 18.1 Å². The number of rotatable bonds is 7. The van der Waals surface area contributed by atoms with Gasteiger partial charge >= 0.3 is 0 Å². The van der Waals surface area contributed by atoms with Crippen LogP contribution in [0.25, 0.3) is 10.9 Å². The Morgan fingerprint density at radius 2 is 2.17 bits per heavy atom. The van der Waals surface area contributed by atoms with Gasteiger partial charge in [-0.05, 0) is 18.9 Å². The highest BCUT2D eigenvalue weighted by atomic mass is 32.2. The number of non-ortho nitro benzene ring substituents is 1. The number of nitrogens with zero attached hydrogens (tertiary/aromatic N) is 4.